The Morgan fingerprint density at radius 3 is 1.56 bits per heavy atom. The molecule has 1 unspecified atom stereocenters. The summed E-state index contributed by atoms with van der Waals surface area (Å²) >= 11 is 0. The van der Waals surface area contributed by atoms with Crippen LogP contribution in [-0.4, -0.2) is 24.2 Å². The van der Waals surface area contributed by atoms with Crippen LogP contribution in [0.2, 0.25) is 0 Å². The summed E-state index contributed by atoms with van der Waals surface area (Å²) in [4.78, 5) is 25.0. The summed E-state index contributed by atoms with van der Waals surface area (Å²) in [6.07, 6.45) is 1.64. The highest BCUT2D eigenvalue weighted by molar-refractivity contribution is 5.81. The molecule has 0 heterocycles. The molecule has 5 rings (SSSR count). The summed E-state index contributed by atoms with van der Waals surface area (Å²) in [6.45, 7) is 2.09. The number of carbonyl (C=O) groups excluding carboxylic acids is 2. The number of rotatable bonds is 9. The molecule has 39 heavy (non-hydrogen) atoms. The number of benzene rings is 4. The van der Waals surface area contributed by atoms with Gasteiger partial charge in [-0.3, -0.25) is 9.59 Å². The second-order valence-corrected chi connectivity index (χ2v) is 9.68. The summed E-state index contributed by atoms with van der Waals surface area (Å²) in [5.41, 5.74) is 6.31. The van der Waals surface area contributed by atoms with Gasteiger partial charge in [0.2, 0.25) is 0 Å². The molecule has 0 saturated carbocycles. The quantitative estimate of drug-likeness (QED) is 0.197. The van der Waals surface area contributed by atoms with Gasteiger partial charge in [0.05, 0.1) is 7.11 Å². The normalized spacial score (nSPS) is 13.3. The lowest BCUT2D eigenvalue weighted by molar-refractivity contribution is -0.135. The van der Waals surface area contributed by atoms with Gasteiger partial charge in [0.25, 0.3) is 0 Å². The van der Waals surface area contributed by atoms with Crippen LogP contribution in [0.3, 0.4) is 0 Å². The van der Waals surface area contributed by atoms with Crippen LogP contribution in [0.4, 0.5) is 0 Å². The molecule has 1 aliphatic rings. The fourth-order valence-corrected chi connectivity index (χ4v) is 4.90. The summed E-state index contributed by atoms with van der Waals surface area (Å²) in [7, 11) is 1.62. The van der Waals surface area contributed by atoms with Crippen LogP contribution in [-0.2, 0) is 22.4 Å². The number of aryl methyl sites for hydroxylation is 2. The number of hydrogen-bond acceptors (Lipinski definition) is 6. The Bertz CT molecular complexity index is 1490. The predicted molar refractivity (Wildman–Crippen MR) is 148 cm³/mol. The molecule has 0 aliphatic heterocycles. The molecule has 0 aromatic heterocycles. The number of ether oxygens (including phenoxy) is 3. The molecular weight excluding hydrogens is 492 g/mol. The number of esters is 2. The first-order valence-electron chi connectivity index (χ1n) is 13.0. The highest BCUT2D eigenvalue weighted by Gasteiger charge is 2.27. The van der Waals surface area contributed by atoms with E-state index in [0.717, 1.165) is 39.1 Å². The van der Waals surface area contributed by atoms with Crippen molar-refractivity contribution < 1.29 is 28.9 Å². The first kappa shape index (κ1) is 26.0. The zero-order valence-electron chi connectivity index (χ0n) is 22.0. The first-order valence-corrected chi connectivity index (χ1v) is 13.0. The van der Waals surface area contributed by atoms with E-state index in [1.807, 2.05) is 60.7 Å². The van der Waals surface area contributed by atoms with E-state index in [-0.39, 0.29) is 36.4 Å². The van der Waals surface area contributed by atoms with Crippen molar-refractivity contribution >= 4 is 11.9 Å². The molecule has 1 aliphatic carbocycles. The Labute approximate surface area is 227 Å². The van der Waals surface area contributed by atoms with Gasteiger partial charge in [0.15, 0.2) is 0 Å². The smallest absolute Gasteiger partial charge is 0.311 e. The SMILES string of the molecule is COc1ccc(CCC(=O)Oc2ccc3c(c2)C(C)c2cc(OC(=O)CCc4ccc(O)cc4)ccc2-3)cc1. The van der Waals surface area contributed by atoms with Crippen LogP contribution in [0.25, 0.3) is 11.1 Å². The Morgan fingerprint density at radius 2 is 1.10 bits per heavy atom. The molecule has 0 saturated heterocycles. The monoisotopic (exact) mass is 522 g/mol. The van der Waals surface area contributed by atoms with Gasteiger partial charge in [0, 0.05) is 18.8 Å². The van der Waals surface area contributed by atoms with Crippen LogP contribution in [0.5, 0.6) is 23.0 Å². The molecule has 0 fully saturated rings. The van der Waals surface area contributed by atoms with Crippen molar-refractivity contribution in [1.29, 1.82) is 0 Å². The van der Waals surface area contributed by atoms with Gasteiger partial charge in [-0.15, -0.1) is 0 Å². The molecule has 1 atom stereocenters. The van der Waals surface area contributed by atoms with Crippen LogP contribution in [0, 0.1) is 0 Å². The van der Waals surface area contributed by atoms with Crippen molar-refractivity contribution in [2.75, 3.05) is 7.11 Å². The fraction of sp³-hybridized carbons (Fsp3) is 0.212. The Kier molecular flexibility index (Phi) is 7.64. The largest absolute Gasteiger partial charge is 0.508 e. The highest BCUT2D eigenvalue weighted by atomic mass is 16.5. The van der Waals surface area contributed by atoms with Gasteiger partial charge in [-0.05, 0) is 94.8 Å². The molecule has 4 aromatic rings. The van der Waals surface area contributed by atoms with Gasteiger partial charge in [-0.25, -0.2) is 0 Å². The number of carbonyl (C=O) groups is 2. The van der Waals surface area contributed by atoms with Crippen molar-refractivity contribution in [3.63, 3.8) is 0 Å². The summed E-state index contributed by atoms with van der Waals surface area (Å²) in [6, 6.07) is 25.9. The number of methoxy groups -OCH3 is 1. The van der Waals surface area contributed by atoms with Crippen molar-refractivity contribution in [1.82, 2.24) is 0 Å². The van der Waals surface area contributed by atoms with Gasteiger partial charge in [-0.2, -0.15) is 0 Å². The van der Waals surface area contributed by atoms with E-state index >= 15 is 0 Å². The minimum Gasteiger partial charge on any atom is -0.508 e. The fourth-order valence-electron chi connectivity index (χ4n) is 4.90. The van der Waals surface area contributed by atoms with E-state index in [2.05, 4.69) is 6.92 Å². The van der Waals surface area contributed by atoms with E-state index in [0.29, 0.717) is 24.3 Å². The lowest BCUT2D eigenvalue weighted by Gasteiger charge is -2.10. The molecule has 1 N–H and O–H groups in total. The molecule has 4 aromatic carbocycles. The van der Waals surface area contributed by atoms with Crippen molar-refractivity contribution in [2.24, 2.45) is 0 Å². The maximum atomic E-state index is 12.5. The number of aromatic hydroxyl groups is 1. The van der Waals surface area contributed by atoms with Gasteiger partial charge in [-0.1, -0.05) is 43.3 Å². The first-order chi connectivity index (χ1) is 18.9. The Morgan fingerprint density at radius 1 is 0.667 bits per heavy atom. The van der Waals surface area contributed by atoms with Crippen LogP contribution < -0.4 is 14.2 Å². The highest BCUT2D eigenvalue weighted by Crippen LogP contribution is 2.47. The third-order valence-electron chi connectivity index (χ3n) is 7.06. The van der Waals surface area contributed by atoms with Crippen LogP contribution in [0.15, 0.2) is 84.9 Å². The van der Waals surface area contributed by atoms with Crippen LogP contribution >= 0.6 is 0 Å². The second-order valence-electron chi connectivity index (χ2n) is 9.68. The molecule has 0 radical (unpaired) electrons. The molecule has 0 spiro atoms. The molecule has 0 amide bonds. The Hall–Kier alpha value is -4.58. The minimum atomic E-state index is -0.310. The topological polar surface area (TPSA) is 82.1 Å². The van der Waals surface area contributed by atoms with Gasteiger partial charge in [0.1, 0.15) is 23.0 Å². The minimum absolute atomic E-state index is 0.0589. The summed E-state index contributed by atoms with van der Waals surface area (Å²) in [5.74, 6) is 1.48. The number of phenols is 1. The van der Waals surface area contributed by atoms with E-state index < -0.39 is 0 Å². The Balaban J connectivity index is 1.19. The average Bonchev–Trinajstić information content (AvgIpc) is 3.22. The van der Waals surface area contributed by atoms with E-state index in [1.165, 1.54) is 0 Å². The second kappa shape index (κ2) is 11.4. The molecule has 6 heteroatoms. The lowest BCUT2D eigenvalue weighted by Crippen LogP contribution is -2.09. The number of fused-ring (bicyclic) bond motifs is 3. The van der Waals surface area contributed by atoms with E-state index in [4.69, 9.17) is 14.2 Å². The zero-order valence-corrected chi connectivity index (χ0v) is 22.0. The molecule has 0 bridgehead atoms. The maximum absolute atomic E-state index is 12.5. The molecule has 198 valence electrons. The number of hydrogen-bond donors (Lipinski definition) is 1. The van der Waals surface area contributed by atoms with Crippen molar-refractivity contribution in [3.05, 3.63) is 107 Å². The van der Waals surface area contributed by atoms with E-state index in [1.54, 1.807) is 31.4 Å². The standard InChI is InChI=1S/C33H30O6/c1-21-30-19-26(38-32(35)17-7-22-3-9-24(34)10-4-22)13-15-28(30)29-16-14-27(20-31(21)29)39-33(36)18-8-23-5-11-25(37-2)12-6-23/h3-6,9-16,19-21,34H,7-8,17-18H2,1-2H3. The zero-order chi connectivity index (χ0) is 27.4. The molecular formula is C33H30O6. The van der Waals surface area contributed by atoms with Crippen molar-refractivity contribution in [3.8, 4) is 34.1 Å². The number of phenolic OH excluding ortho intramolecular Hbond substituents is 1. The van der Waals surface area contributed by atoms with E-state index in [9.17, 15) is 14.7 Å². The maximum Gasteiger partial charge on any atom is 0.311 e. The van der Waals surface area contributed by atoms with Gasteiger partial charge >= 0.3 is 11.9 Å². The summed E-state index contributed by atoms with van der Waals surface area (Å²) < 4.78 is 16.4. The third-order valence-corrected chi connectivity index (χ3v) is 7.06. The van der Waals surface area contributed by atoms with Crippen LogP contribution in [0.1, 0.15) is 47.9 Å². The lowest BCUT2D eigenvalue weighted by atomic mass is 9.99. The molecule has 6 nitrogen and oxygen atoms in total. The predicted octanol–water partition coefficient (Wildman–Crippen LogP) is 6.61. The third kappa shape index (κ3) is 6.12. The van der Waals surface area contributed by atoms with Crippen molar-refractivity contribution in [2.45, 2.75) is 38.5 Å². The average molecular weight is 523 g/mol. The summed E-state index contributed by atoms with van der Waals surface area (Å²) in [5, 5.41) is 9.40. The van der Waals surface area contributed by atoms with Gasteiger partial charge < -0.3 is 19.3 Å².